The number of nitrogens with zero attached hydrogens (tertiary/aromatic N) is 1. The second-order valence-corrected chi connectivity index (χ2v) is 4.18. The van der Waals surface area contributed by atoms with Gasteiger partial charge in [-0.15, -0.1) is 0 Å². The lowest BCUT2D eigenvalue weighted by atomic mass is 10.2. The molecule has 0 atom stereocenters. The fourth-order valence-electron chi connectivity index (χ4n) is 1.03. The van der Waals surface area contributed by atoms with Crippen LogP contribution < -0.4 is 5.32 Å². The minimum absolute atomic E-state index is 0.484. The Morgan fingerprint density at radius 2 is 2.29 bits per heavy atom. The average Bonchev–Trinajstić information content (AvgIpc) is 2.14. The van der Waals surface area contributed by atoms with E-state index in [2.05, 4.69) is 27.3 Å². The Morgan fingerprint density at radius 1 is 1.57 bits per heavy atom. The molecule has 0 saturated carbocycles. The van der Waals surface area contributed by atoms with Crippen LogP contribution in [0.2, 0.25) is 5.02 Å². The number of anilines is 1. The predicted octanol–water partition coefficient (Wildman–Crippen LogP) is 3.74. The van der Waals surface area contributed by atoms with E-state index in [0.717, 1.165) is 20.7 Å². The van der Waals surface area contributed by atoms with Crippen molar-refractivity contribution < 1.29 is 0 Å². The molecule has 0 saturated heterocycles. The van der Waals surface area contributed by atoms with Crippen LogP contribution in [0.3, 0.4) is 0 Å². The monoisotopic (exact) mass is 272 g/mol. The maximum Gasteiger partial charge on any atom is 0.0640 e. The van der Waals surface area contributed by atoms with E-state index >= 15 is 0 Å². The Hall–Kier alpha value is -0.720. The zero-order chi connectivity index (χ0) is 10.6. The largest absolute Gasteiger partial charge is 0.383 e. The van der Waals surface area contributed by atoms with Crippen LogP contribution in [0.1, 0.15) is 12.0 Å². The van der Waals surface area contributed by atoms with E-state index in [9.17, 15) is 0 Å². The molecule has 0 aromatic heterocycles. The van der Waals surface area contributed by atoms with Gasteiger partial charge in [-0.25, -0.2) is 0 Å². The van der Waals surface area contributed by atoms with Crippen LogP contribution in [-0.2, 0) is 0 Å². The zero-order valence-corrected chi connectivity index (χ0v) is 10.1. The number of hydrogen-bond acceptors (Lipinski definition) is 2. The maximum atomic E-state index is 8.38. The summed E-state index contributed by atoms with van der Waals surface area (Å²) in [5.41, 5.74) is 1.96. The normalized spacial score (nSPS) is 9.57. The molecule has 14 heavy (non-hydrogen) atoms. The van der Waals surface area contributed by atoms with E-state index in [1.807, 2.05) is 19.1 Å². The molecule has 0 amide bonds. The molecule has 0 bridgehead atoms. The van der Waals surface area contributed by atoms with Crippen LogP contribution in [0.25, 0.3) is 0 Å². The van der Waals surface area contributed by atoms with Crippen LogP contribution in [0.5, 0.6) is 0 Å². The van der Waals surface area contributed by atoms with Gasteiger partial charge in [0, 0.05) is 21.7 Å². The van der Waals surface area contributed by atoms with E-state index in [0.29, 0.717) is 13.0 Å². The Labute approximate surface area is 97.0 Å². The molecule has 4 heteroatoms. The van der Waals surface area contributed by atoms with Gasteiger partial charge in [-0.1, -0.05) is 11.6 Å². The molecule has 0 radical (unpaired) electrons. The minimum Gasteiger partial charge on any atom is -0.383 e. The first kappa shape index (κ1) is 11.4. The van der Waals surface area contributed by atoms with Crippen molar-refractivity contribution in [1.29, 1.82) is 5.26 Å². The first-order chi connectivity index (χ1) is 6.65. The van der Waals surface area contributed by atoms with Crippen LogP contribution in [0.15, 0.2) is 16.6 Å². The highest BCUT2D eigenvalue weighted by Gasteiger charge is 2.03. The highest BCUT2D eigenvalue weighted by Crippen LogP contribution is 2.28. The SMILES string of the molecule is Cc1cc(Br)c(NCCC#N)cc1Cl. The van der Waals surface area contributed by atoms with Crippen molar-refractivity contribution in [3.8, 4) is 6.07 Å². The second-order valence-electron chi connectivity index (χ2n) is 2.92. The van der Waals surface area contributed by atoms with Crippen LogP contribution in [-0.4, -0.2) is 6.54 Å². The molecule has 1 aromatic carbocycles. The topological polar surface area (TPSA) is 35.8 Å². The number of nitrogens with one attached hydrogen (secondary N) is 1. The van der Waals surface area contributed by atoms with Gasteiger partial charge < -0.3 is 5.32 Å². The molecule has 1 N–H and O–H groups in total. The fourth-order valence-corrected chi connectivity index (χ4v) is 1.80. The van der Waals surface area contributed by atoms with Gasteiger partial charge in [-0.3, -0.25) is 0 Å². The van der Waals surface area contributed by atoms with Crippen molar-refractivity contribution in [3.63, 3.8) is 0 Å². The summed E-state index contributed by atoms with van der Waals surface area (Å²) in [6, 6.07) is 5.89. The highest BCUT2D eigenvalue weighted by atomic mass is 79.9. The van der Waals surface area contributed by atoms with E-state index in [4.69, 9.17) is 16.9 Å². The van der Waals surface area contributed by atoms with E-state index in [1.54, 1.807) is 0 Å². The van der Waals surface area contributed by atoms with Crippen molar-refractivity contribution in [2.45, 2.75) is 13.3 Å². The number of nitriles is 1. The van der Waals surface area contributed by atoms with E-state index in [1.165, 1.54) is 0 Å². The Kier molecular flexibility index (Phi) is 4.24. The summed E-state index contributed by atoms with van der Waals surface area (Å²) < 4.78 is 0.970. The lowest BCUT2D eigenvalue weighted by Gasteiger charge is -2.08. The smallest absolute Gasteiger partial charge is 0.0640 e. The minimum atomic E-state index is 0.484. The Morgan fingerprint density at radius 3 is 2.93 bits per heavy atom. The fraction of sp³-hybridized carbons (Fsp3) is 0.300. The van der Waals surface area contributed by atoms with Gasteiger partial charge in [0.25, 0.3) is 0 Å². The number of rotatable bonds is 3. The molecule has 74 valence electrons. The third-order valence-corrected chi connectivity index (χ3v) is 2.86. The predicted molar refractivity (Wildman–Crippen MR) is 62.6 cm³/mol. The van der Waals surface area contributed by atoms with Gasteiger partial charge in [-0.2, -0.15) is 5.26 Å². The summed E-state index contributed by atoms with van der Waals surface area (Å²) in [5.74, 6) is 0. The second kappa shape index (κ2) is 5.23. The number of benzene rings is 1. The quantitative estimate of drug-likeness (QED) is 0.852. The zero-order valence-electron chi connectivity index (χ0n) is 7.77. The molecular weight excluding hydrogens is 263 g/mol. The third-order valence-electron chi connectivity index (χ3n) is 1.80. The molecule has 1 aromatic rings. The first-order valence-corrected chi connectivity index (χ1v) is 5.38. The number of aryl methyl sites for hydroxylation is 1. The van der Waals surface area contributed by atoms with Gasteiger partial charge in [0.1, 0.15) is 0 Å². The van der Waals surface area contributed by atoms with E-state index in [-0.39, 0.29) is 0 Å². The van der Waals surface area contributed by atoms with Crippen molar-refractivity contribution >= 4 is 33.2 Å². The summed E-state index contributed by atoms with van der Waals surface area (Å²) in [7, 11) is 0. The Bertz CT molecular complexity index is 371. The molecule has 0 unspecified atom stereocenters. The average molecular weight is 274 g/mol. The maximum absolute atomic E-state index is 8.38. The van der Waals surface area contributed by atoms with Gasteiger partial charge >= 0.3 is 0 Å². The van der Waals surface area contributed by atoms with Gasteiger partial charge in [-0.05, 0) is 40.5 Å². The Balaban J connectivity index is 2.78. The first-order valence-electron chi connectivity index (χ1n) is 4.21. The van der Waals surface area contributed by atoms with Gasteiger partial charge in [0.15, 0.2) is 0 Å². The van der Waals surface area contributed by atoms with Gasteiger partial charge in [0.2, 0.25) is 0 Å². The summed E-state index contributed by atoms with van der Waals surface area (Å²) >= 11 is 9.40. The number of hydrogen-bond donors (Lipinski definition) is 1. The molecule has 1 rings (SSSR count). The van der Waals surface area contributed by atoms with Gasteiger partial charge in [0.05, 0.1) is 12.5 Å². The summed E-state index contributed by atoms with van der Waals surface area (Å²) in [5, 5.41) is 12.2. The van der Waals surface area contributed by atoms with Crippen molar-refractivity contribution in [3.05, 3.63) is 27.2 Å². The number of halogens is 2. The molecule has 0 aliphatic heterocycles. The molecule has 0 aliphatic carbocycles. The summed E-state index contributed by atoms with van der Waals surface area (Å²) in [4.78, 5) is 0. The molecule has 0 heterocycles. The van der Waals surface area contributed by atoms with Crippen molar-refractivity contribution in [1.82, 2.24) is 0 Å². The summed E-state index contributed by atoms with van der Waals surface area (Å²) in [6.07, 6.45) is 0.484. The summed E-state index contributed by atoms with van der Waals surface area (Å²) in [6.45, 7) is 2.58. The molecule has 0 aliphatic rings. The molecule has 0 spiro atoms. The van der Waals surface area contributed by atoms with Crippen molar-refractivity contribution in [2.75, 3.05) is 11.9 Å². The van der Waals surface area contributed by atoms with Crippen LogP contribution in [0.4, 0.5) is 5.69 Å². The van der Waals surface area contributed by atoms with E-state index < -0.39 is 0 Å². The standard InChI is InChI=1S/C10H10BrClN2/c1-7-5-8(11)10(6-9(7)12)14-4-2-3-13/h5-6,14H,2,4H2,1H3. The highest BCUT2D eigenvalue weighted by molar-refractivity contribution is 9.10. The van der Waals surface area contributed by atoms with Crippen molar-refractivity contribution in [2.24, 2.45) is 0 Å². The molecular formula is C10H10BrClN2. The van der Waals surface area contributed by atoms with Crippen LogP contribution >= 0.6 is 27.5 Å². The van der Waals surface area contributed by atoms with Crippen LogP contribution in [0, 0.1) is 18.3 Å². The molecule has 0 fully saturated rings. The lowest BCUT2D eigenvalue weighted by molar-refractivity contribution is 1.07. The molecule has 2 nitrogen and oxygen atoms in total. The third kappa shape index (κ3) is 2.90. The lowest BCUT2D eigenvalue weighted by Crippen LogP contribution is -2.01.